The predicted octanol–water partition coefficient (Wildman–Crippen LogP) is -1.30. The Morgan fingerprint density at radius 2 is 2.04 bits per heavy atom. The molecule has 250 valence electrons. The van der Waals surface area contributed by atoms with E-state index in [0.717, 1.165) is 11.5 Å². The summed E-state index contributed by atoms with van der Waals surface area (Å²) in [5.74, 6) is -2.48. The Kier molecular flexibility index (Phi) is 11.9. The third-order valence-electron chi connectivity index (χ3n) is 6.17. The molecule has 19 nitrogen and oxygen atoms in total. The largest absolute Gasteiger partial charge is 0.427 e. The molecule has 2 atom stereocenters. The summed E-state index contributed by atoms with van der Waals surface area (Å²) in [4.78, 5) is 62.8. The molecule has 4 rings (SSSR count). The number of anilines is 1. The van der Waals surface area contributed by atoms with E-state index in [4.69, 9.17) is 25.8 Å². The van der Waals surface area contributed by atoms with Gasteiger partial charge >= 0.3 is 11.9 Å². The Morgan fingerprint density at radius 3 is 2.72 bits per heavy atom. The maximum Gasteiger partial charge on any atom is 0.357 e. The second-order valence-electron chi connectivity index (χ2n) is 10.6. The van der Waals surface area contributed by atoms with Crippen LogP contribution in [0.5, 0.6) is 0 Å². The second-order valence-corrected chi connectivity index (χ2v) is 13.4. The number of nitrogens with zero attached hydrogens (tertiary/aromatic N) is 8. The number of nitrogens with one attached hydrogen (secondary N) is 1. The number of aromatic nitrogens is 6. The van der Waals surface area contributed by atoms with Crippen molar-refractivity contribution in [3.8, 4) is 0 Å². The number of hydrogen-bond donors (Lipinski definition) is 4. The molecule has 2 aliphatic heterocycles. The average molecular weight is 700 g/mol. The van der Waals surface area contributed by atoms with Crippen molar-refractivity contribution < 1.29 is 38.6 Å². The van der Waals surface area contributed by atoms with E-state index >= 15 is 0 Å². The minimum absolute atomic E-state index is 0.0484. The normalized spacial score (nSPS) is 18.2. The molecule has 6 N–H and O–H groups in total. The fraction of sp³-hybridized carbons (Fsp3) is 0.583. The molecule has 1 saturated heterocycles. The Balaban J connectivity index is 1.53. The van der Waals surface area contributed by atoms with Crippen molar-refractivity contribution in [1.82, 2.24) is 39.8 Å². The number of fused-ring (bicyclic) bond motifs is 1. The minimum atomic E-state index is -1.05. The minimum Gasteiger partial charge on any atom is -0.427 e. The van der Waals surface area contributed by atoms with Gasteiger partial charge in [-0.2, -0.15) is 9.36 Å². The van der Waals surface area contributed by atoms with Gasteiger partial charge in [-0.05, 0) is 49.7 Å². The molecule has 0 radical (unpaired) electrons. The van der Waals surface area contributed by atoms with E-state index in [2.05, 4.69) is 35.4 Å². The van der Waals surface area contributed by atoms with Crippen LogP contribution in [0.2, 0.25) is 0 Å². The van der Waals surface area contributed by atoms with Gasteiger partial charge in [0.1, 0.15) is 23.7 Å². The molecule has 46 heavy (non-hydrogen) atoms. The van der Waals surface area contributed by atoms with Gasteiger partial charge in [-0.3, -0.25) is 19.3 Å². The molecule has 0 spiro atoms. The molecule has 2 aromatic rings. The van der Waals surface area contributed by atoms with Gasteiger partial charge in [-0.15, -0.1) is 16.9 Å². The predicted molar refractivity (Wildman–Crippen MR) is 165 cm³/mol. The number of esters is 2. The number of carbonyl (C=O) groups excluding carboxylic acids is 4. The topological polar surface area (TPSA) is 265 Å². The molecule has 2 aromatic heterocycles. The van der Waals surface area contributed by atoms with Crippen LogP contribution in [0, 0.1) is 5.41 Å². The molecule has 2 amide bonds. The molecule has 2 aliphatic rings. The number of β-lactam (4-membered cyclic amide) rings is 1. The van der Waals surface area contributed by atoms with Crippen molar-refractivity contribution in [2.45, 2.75) is 50.3 Å². The zero-order valence-corrected chi connectivity index (χ0v) is 27.5. The van der Waals surface area contributed by atoms with E-state index < -0.39 is 47.4 Å². The Labute approximate surface area is 275 Å². The smallest absolute Gasteiger partial charge is 0.357 e. The second kappa shape index (κ2) is 15.6. The lowest BCUT2D eigenvalue weighted by molar-refractivity contribution is -0.173. The number of carbonyl (C=O) groups is 4. The molecule has 1 fully saturated rings. The lowest BCUT2D eigenvalue weighted by Crippen LogP contribution is -2.71. The number of tetrazole rings is 1. The number of aliphatic hydroxyl groups is 1. The van der Waals surface area contributed by atoms with Crippen molar-refractivity contribution in [3.05, 3.63) is 17.1 Å². The summed E-state index contributed by atoms with van der Waals surface area (Å²) in [6, 6.07) is -1.05. The molecule has 0 aliphatic carbocycles. The highest BCUT2D eigenvalue weighted by Gasteiger charge is 2.55. The molecule has 0 bridgehead atoms. The van der Waals surface area contributed by atoms with Crippen molar-refractivity contribution in [2.75, 3.05) is 43.8 Å². The van der Waals surface area contributed by atoms with Crippen LogP contribution in [-0.2, 0) is 40.0 Å². The van der Waals surface area contributed by atoms with E-state index in [0.29, 0.717) is 23.7 Å². The fourth-order valence-electron chi connectivity index (χ4n) is 3.87. The summed E-state index contributed by atoms with van der Waals surface area (Å²) >= 11 is 3.36. The van der Waals surface area contributed by atoms with Crippen molar-refractivity contribution in [1.29, 1.82) is 0 Å². The van der Waals surface area contributed by atoms with Crippen molar-refractivity contribution in [3.63, 3.8) is 0 Å². The monoisotopic (exact) mass is 699 g/mol. The molecule has 0 aromatic carbocycles. The van der Waals surface area contributed by atoms with Crippen molar-refractivity contribution >= 4 is 69.7 Å². The maximum absolute atomic E-state index is 13.5. The van der Waals surface area contributed by atoms with Crippen LogP contribution in [-0.4, -0.2) is 119 Å². The molecular weight excluding hydrogens is 667 g/mol. The van der Waals surface area contributed by atoms with E-state index in [9.17, 15) is 24.3 Å². The third kappa shape index (κ3) is 8.29. The van der Waals surface area contributed by atoms with Gasteiger partial charge in [0, 0.05) is 23.0 Å². The van der Waals surface area contributed by atoms with Crippen LogP contribution in [0.15, 0.2) is 21.6 Å². The van der Waals surface area contributed by atoms with Crippen LogP contribution >= 0.6 is 35.1 Å². The summed E-state index contributed by atoms with van der Waals surface area (Å²) in [5, 5.41) is 26.9. The molecule has 1 unspecified atom stereocenters. The molecule has 4 heterocycles. The summed E-state index contributed by atoms with van der Waals surface area (Å²) in [7, 11) is 0. The summed E-state index contributed by atoms with van der Waals surface area (Å²) in [6.45, 7) is 4.75. The van der Waals surface area contributed by atoms with Gasteiger partial charge in [-0.25, -0.2) is 9.48 Å². The average Bonchev–Trinajstić information content (AvgIpc) is 3.66. The van der Waals surface area contributed by atoms with E-state index in [1.54, 1.807) is 20.8 Å². The number of nitrogen functional groups attached to an aromatic ring is 1. The lowest BCUT2D eigenvalue weighted by atomic mass is 9.98. The molecule has 22 heteroatoms. The first kappa shape index (κ1) is 35.0. The fourth-order valence-corrected chi connectivity index (χ4v) is 6.70. The van der Waals surface area contributed by atoms with Crippen LogP contribution in [0.4, 0.5) is 5.13 Å². The summed E-state index contributed by atoms with van der Waals surface area (Å²) in [5.41, 5.74) is 10.5. The number of ether oxygens (including phenoxy) is 2. The first-order valence-electron chi connectivity index (χ1n) is 13.8. The number of rotatable bonds is 15. The SMILES string of the molecule is CC(C)(C)C(=O)OCOC(=O)C1=C(CSc2nnnn2CCO)CS[C@@H]2C(NC(=O)/C(=N/OCCCN)c3nsc(N)n3)C(=O)N12. The van der Waals surface area contributed by atoms with Gasteiger partial charge in [-0.1, -0.05) is 16.9 Å². The van der Waals surface area contributed by atoms with Gasteiger partial charge in [0.25, 0.3) is 11.8 Å². The quantitative estimate of drug-likeness (QED) is 0.0320. The number of aliphatic hydroxyl groups excluding tert-OH is 1. The first-order chi connectivity index (χ1) is 22.0. The van der Waals surface area contributed by atoms with Gasteiger partial charge in [0.05, 0.1) is 18.6 Å². The number of amides is 2. The lowest BCUT2D eigenvalue weighted by Gasteiger charge is -2.49. The Morgan fingerprint density at radius 1 is 1.26 bits per heavy atom. The van der Waals surface area contributed by atoms with E-state index in [1.165, 1.54) is 33.1 Å². The zero-order chi connectivity index (χ0) is 33.4. The van der Waals surface area contributed by atoms with E-state index in [-0.39, 0.29) is 53.6 Å². The highest BCUT2D eigenvalue weighted by molar-refractivity contribution is 8.01. The Hall–Kier alpha value is -3.86. The molecular formula is C24H33N11O8S3. The highest BCUT2D eigenvalue weighted by Crippen LogP contribution is 2.42. The van der Waals surface area contributed by atoms with Crippen LogP contribution in [0.1, 0.15) is 33.0 Å². The van der Waals surface area contributed by atoms with Gasteiger partial charge < -0.3 is 36.2 Å². The third-order valence-corrected chi connectivity index (χ3v) is 9.10. The van der Waals surface area contributed by atoms with Gasteiger partial charge in [0.15, 0.2) is 5.13 Å². The number of oxime groups is 1. The maximum atomic E-state index is 13.5. The van der Waals surface area contributed by atoms with Gasteiger partial charge in [0.2, 0.25) is 23.5 Å². The van der Waals surface area contributed by atoms with E-state index in [1.807, 2.05) is 0 Å². The van der Waals surface area contributed by atoms with Crippen LogP contribution in [0.25, 0.3) is 0 Å². The highest BCUT2D eigenvalue weighted by atomic mass is 32.2. The first-order valence-corrected chi connectivity index (χ1v) is 16.6. The van der Waals surface area contributed by atoms with Crippen molar-refractivity contribution in [2.24, 2.45) is 16.3 Å². The summed E-state index contributed by atoms with van der Waals surface area (Å²) in [6.07, 6.45) is 0.484. The summed E-state index contributed by atoms with van der Waals surface area (Å²) < 4.78 is 15.8. The number of nitrogens with two attached hydrogens (primary N) is 2. The Bertz CT molecular complexity index is 1510. The number of hydrogen-bond acceptors (Lipinski definition) is 19. The molecule has 0 saturated carbocycles. The van der Waals surface area contributed by atoms with Crippen LogP contribution < -0.4 is 16.8 Å². The zero-order valence-electron chi connectivity index (χ0n) is 25.1. The standard InChI is InChI=1S/C24H33N11O8S3/c1-24(2,3)21(40)42-11-41-20(39)15-12(10-45-23-29-32-33-34(23)6-7-36)9-44-19-14(18(38)35(15)19)27-17(37)13(30-43-8-4-5-25)16-28-22(26)46-31-16/h14,19,36H,4-11,25H2,1-3H3,(H,27,37)(H2,26,28,31)/b30-13+/t14?,19-/m1/s1. The van der Waals surface area contributed by atoms with Crippen LogP contribution in [0.3, 0.4) is 0 Å². The number of thioether (sulfide) groups is 2.